The van der Waals surface area contributed by atoms with E-state index in [1.165, 1.54) is 30.5 Å². The van der Waals surface area contributed by atoms with E-state index in [0.717, 1.165) is 12.1 Å². The van der Waals surface area contributed by atoms with Gasteiger partial charge in [-0.15, -0.1) is 0 Å². The lowest BCUT2D eigenvalue weighted by Gasteiger charge is -2.09. The number of alkyl halides is 3. The number of aromatic nitrogens is 1. The summed E-state index contributed by atoms with van der Waals surface area (Å²) in [6, 6.07) is 8.83. The average molecular weight is 291 g/mol. The van der Waals surface area contributed by atoms with Crippen molar-refractivity contribution < 1.29 is 18.0 Å². The highest BCUT2D eigenvalue weighted by Gasteiger charge is 2.30. The molecule has 0 aliphatic carbocycles. The zero-order chi connectivity index (χ0) is 15.5. The van der Waals surface area contributed by atoms with Crippen LogP contribution in [0, 0.1) is 11.3 Å². The maximum Gasteiger partial charge on any atom is 0.416 e. The molecule has 0 atom stereocenters. The van der Waals surface area contributed by atoms with E-state index in [4.69, 9.17) is 5.26 Å². The van der Waals surface area contributed by atoms with E-state index >= 15 is 0 Å². The predicted octanol–water partition coefficient (Wildman–Crippen LogP) is 3.22. The van der Waals surface area contributed by atoms with E-state index in [0.29, 0.717) is 0 Å². The molecule has 106 valence electrons. The van der Waals surface area contributed by atoms with Crippen molar-refractivity contribution in [1.29, 1.82) is 5.26 Å². The highest BCUT2D eigenvalue weighted by Crippen LogP contribution is 2.30. The molecule has 0 fully saturated rings. The number of amides is 1. The Morgan fingerprint density at radius 1 is 1.24 bits per heavy atom. The van der Waals surface area contributed by atoms with Crippen LogP contribution in [0.15, 0.2) is 42.6 Å². The minimum absolute atomic E-state index is 0.0270. The standard InChI is InChI=1S/C14H8F3N3O/c15-14(16,17)10-2-1-3-11(6-10)20-13(21)9-4-5-12(7-18)19-8-9/h1-6,8H,(H,20,21). The second kappa shape index (κ2) is 5.63. The molecule has 1 N–H and O–H groups in total. The molecular weight excluding hydrogens is 283 g/mol. The van der Waals surface area contributed by atoms with Crippen molar-refractivity contribution in [2.75, 3.05) is 5.32 Å². The number of nitriles is 1. The number of carbonyl (C=O) groups excluding carboxylic acids is 1. The highest BCUT2D eigenvalue weighted by atomic mass is 19.4. The van der Waals surface area contributed by atoms with Crippen molar-refractivity contribution in [3.05, 3.63) is 59.4 Å². The molecule has 7 heteroatoms. The summed E-state index contributed by atoms with van der Waals surface area (Å²) in [5.74, 6) is -0.605. The first-order chi connectivity index (χ1) is 9.90. The summed E-state index contributed by atoms with van der Waals surface area (Å²) >= 11 is 0. The summed E-state index contributed by atoms with van der Waals surface area (Å²) in [5.41, 5.74) is -0.533. The molecule has 21 heavy (non-hydrogen) atoms. The number of benzene rings is 1. The van der Waals surface area contributed by atoms with Gasteiger partial charge in [0.05, 0.1) is 11.1 Å². The topological polar surface area (TPSA) is 65.8 Å². The van der Waals surface area contributed by atoms with Crippen molar-refractivity contribution in [2.45, 2.75) is 6.18 Å². The Kier molecular flexibility index (Phi) is 3.89. The van der Waals surface area contributed by atoms with Gasteiger partial charge in [-0.2, -0.15) is 18.4 Å². The summed E-state index contributed by atoms with van der Waals surface area (Å²) in [6.07, 6.45) is -3.29. The normalized spacial score (nSPS) is 10.8. The van der Waals surface area contributed by atoms with Crippen molar-refractivity contribution >= 4 is 11.6 Å². The van der Waals surface area contributed by atoms with Crippen molar-refractivity contribution in [2.24, 2.45) is 0 Å². The average Bonchev–Trinajstić information content (AvgIpc) is 2.47. The zero-order valence-electron chi connectivity index (χ0n) is 10.5. The molecule has 0 saturated carbocycles. The third kappa shape index (κ3) is 3.57. The number of carbonyl (C=O) groups is 1. The van der Waals surface area contributed by atoms with Crippen LogP contribution in [0.1, 0.15) is 21.6 Å². The first-order valence-corrected chi connectivity index (χ1v) is 5.75. The van der Waals surface area contributed by atoms with Crippen LogP contribution < -0.4 is 5.32 Å². The number of pyridine rings is 1. The van der Waals surface area contributed by atoms with Crippen molar-refractivity contribution in [3.8, 4) is 6.07 Å². The molecule has 1 aromatic carbocycles. The summed E-state index contributed by atoms with van der Waals surface area (Å²) in [5, 5.41) is 10.9. The molecule has 0 saturated heterocycles. The van der Waals surface area contributed by atoms with Gasteiger partial charge in [0.25, 0.3) is 5.91 Å². The van der Waals surface area contributed by atoms with Crippen LogP contribution >= 0.6 is 0 Å². The Morgan fingerprint density at radius 3 is 2.57 bits per heavy atom. The SMILES string of the molecule is N#Cc1ccc(C(=O)Nc2cccc(C(F)(F)F)c2)cn1. The summed E-state index contributed by atoms with van der Waals surface area (Å²) in [4.78, 5) is 15.6. The molecule has 0 radical (unpaired) electrons. The fourth-order valence-electron chi connectivity index (χ4n) is 1.57. The van der Waals surface area contributed by atoms with Gasteiger partial charge in [-0.05, 0) is 30.3 Å². The number of nitrogens with one attached hydrogen (secondary N) is 1. The summed E-state index contributed by atoms with van der Waals surface area (Å²) in [6.45, 7) is 0. The lowest BCUT2D eigenvalue weighted by Crippen LogP contribution is -2.13. The molecule has 0 spiro atoms. The van der Waals surface area contributed by atoms with E-state index in [1.807, 2.05) is 0 Å². The Hall–Kier alpha value is -2.88. The second-order valence-corrected chi connectivity index (χ2v) is 4.08. The van der Waals surface area contributed by atoms with Gasteiger partial charge in [0.1, 0.15) is 11.8 Å². The largest absolute Gasteiger partial charge is 0.416 e. The zero-order valence-corrected chi connectivity index (χ0v) is 10.5. The highest BCUT2D eigenvalue weighted by molar-refractivity contribution is 6.04. The van der Waals surface area contributed by atoms with Gasteiger partial charge >= 0.3 is 6.18 Å². The molecule has 0 unspecified atom stereocenters. The monoisotopic (exact) mass is 291 g/mol. The van der Waals surface area contributed by atoms with Gasteiger partial charge in [0, 0.05) is 11.9 Å². The lowest BCUT2D eigenvalue weighted by atomic mass is 10.2. The number of anilines is 1. The molecule has 1 aromatic heterocycles. The van der Waals surface area contributed by atoms with Gasteiger partial charge in [-0.25, -0.2) is 4.98 Å². The number of hydrogen-bond donors (Lipinski definition) is 1. The molecule has 1 heterocycles. The summed E-state index contributed by atoms with van der Waals surface area (Å²) in [7, 11) is 0. The van der Waals surface area contributed by atoms with Gasteiger partial charge in [0.2, 0.25) is 0 Å². The Morgan fingerprint density at radius 2 is 2.00 bits per heavy atom. The van der Waals surface area contributed by atoms with E-state index in [2.05, 4.69) is 10.3 Å². The maximum absolute atomic E-state index is 12.6. The van der Waals surface area contributed by atoms with Crippen LogP contribution in [0.4, 0.5) is 18.9 Å². The van der Waals surface area contributed by atoms with Gasteiger partial charge in [-0.3, -0.25) is 4.79 Å². The second-order valence-electron chi connectivity index (χ2n) is 4.08. The number of nitrogens with zero attached hydrogens (tertiary/aromatic N) is 2. The van der Waals surface area contributed by atoms with Crippen LogP contribution in [-0.4, -0.2) is 10.9 Å². The van der Waals surface area contributed by atoms with E-state index in [1.54, 1.807) is 6.07 Å². The van der Waals surface area contributed by atoms with Crippen LogP contribution in [0.3, 0.4) is 0 Å². The fourth-order valence-corrected chi connectivity index (χ4v) is 1.57. The number of halogens is 3. The minimum Gasteiger partial charge on any atom is -0.322 e. The molecule has 0 aliphatic rings. The first-order valence-electron chi connectivity index (χ1n) is 5.75. The van der Waals surface area contributed by atoms with Crippen LogP contribution in [0.25, 0.3) is 0 Å². The van der Waals surface area contributed by atoms with Crippen LogP contribution in [0.2, 0.25) is 0 Å². The van der Waals surface area contributed by atoms with E-state index in [-0.39, 0.29) is 16.9 Å². The molecular formula is C14H8F3N3O. The Balaban J connectivity index is 2.18. The van der Waals surface area contributed by atoms with E-state index in [9.17, 15) is 18.0 Å². The quantitative estimate of drug-likeness (QED) is 0.923. The fraction of sp³-hybridized carbons (Fsp3) is 0.0714. The summed E-state index contributed by atoms with van der Waals surface area (Å²) < 4.78 is 37.7. The van der Waals surface area contributed by atoms with Gasteiger partial charge in [0.15, 0.2) is 0 Å². The van der Waals surface area contributed by atoms with Crippen LogP contribution in [-0.2, 0) is 6.18 Å². The van der Waals surface area contributed by atoms with Crippen LogP contribution in [0.5, 0.6) is 0 Å². The van der Waals surface area contributed by atoms with Gasteiger partial charge < -0.3 is 5.32 Å². The molecule has 4 nitrogen and oxygen atoms in total. The molecule has 2 aromatic rings. The Labute approximate surface area is 117 Å². The first kappa shape index (κ1) is 14.5. The van der Waals surface area contributed by atoms with Crippen molar-refractivity contribution in [3.63, 3.8) is 0 Å². The lowest BCUT2D eigenvalue weighted by molar-refractivity contribution is -0.137. The molecule has 0 bridgehead atoms. The Bertz CT molecular complexity index is 703. The molecule has 1 amide bonds. The smallest absolute Gasteiger partial charge is 0.322 e. The molecule has 0 aliphatic heterocycles. The minimum atomic E-state index is -4.48. The number of hydrogen-bond acceptors (Lipinski definition) is 3. The molecule has 2 rings (SSSR count). The third-order valence-electron chi connectivity index (χ3n) is 2.59. The third-order valence-corrected chi connectivity index (χ3v) is 2.59. The van der Waals surface area contributed by atoms with Crippen molar-refractivity contribution in [1.82, 2.24) is 4.98 Å². The van der Waals surface area contributed by atoms with Gasteiger partial charge in [-0.1, -0.05) is 6.07 Å². The predicted molar refractivity (Wildman–Crippen MR) is 68.3 cm³/mol. The number of rotatable bonds is 2. The maximum atomic E-state index is 12.6. The van der Waals surface area contributed by atoms with E-state index < -0.39 is 17.6 Å².